The average molecular weight is 486 g/mol. The third-order valence-corrected chi connectivity index (χ3v) is 5.33. The number of aromatic nitrogens is 1. The number of nitrogens with zero attached hydrogens (tertiary/aromatic N) is 2. The molecular formula is C23H24BrN3O4. The molecule has 0 bridgehead atoms. The number of likely N-dealkylation sites (N-methyl/N-ethyl adjacent to an activating group) is 1. The maximum Gasteiger partial charge on any atom is 0.254 e. The van der Waals surface area contributed by atoms with Crippen molar-refractivity contribution in [2.45, 2.75) is 27.4 Å². The van der Waals surface area contributed by atoms with Crippen molar-refractivity contribution in [1.29, 1.82) is 0 Å². The summed E-state index contributed by atoms with van der Waals surface area (Å²) in [4.78, 5) is 26.6. The van der Waals surface area contributed by atoms with E-state index in [1.54, 1.807) is 31.3 Å². The zero-order valence-corrected chi connectivity index (χ0v) is 19.4. The van der Waals surface area contributed by atoms with Crippen LogP contribution >= 0.6 is 15.9 Å². The van der Waals surface area contributed by atoms with E-state index in [4.69, 9.17) is 9.26 Å². The van der Waals surface area contributed by atoms with Gasteiger partial charge in [0.1, 0.15) is 18.1 Å². The van der Waals surface area contributed by atoms with Crippen LogP contribution in [0.15, 0.2) is 51.5 Å². The van der Waals surface area contributed by atoms with Gasteiger partial charge in [0.2, 0.25) is 5.91 Å². The maximum atomic E-state index is 12.8. The largest absolute Gasteiger partial charge is 0.489 e. The number of rotatable bonds is 7. The molecule has 0 aliphatic heterocycles. The van der Waals surface area contributed by atoms with Crippen molar-refractivity contribution in [1.82, 2.24) is 10.1 Å². The molecule has 0 saturated carbocycles. The van der Waals surface area contributed by atoms with Crippen LogP contribution < -0.4 is 10.1 Å². The summed E-state index contributed by atoms with van der Waals surface area (Å²) in [5, 5.41) is 6.75. The highest BCUT2D eigenvalue weighted by Crippen LogP contribution is 2.21. The van der Waals surface area contributed by atoms with Gasteiger partial charge in [-0.25, -0.2) is 0 Å². The zero-order chi connectivity index (χ0) is 22.5. The normalized spacial score (nSPS) is 10.6. The van der Waals surface area contributed by atoms with Gasteiger partial charge in [0, 0.05) is 22.8 Å². The molecule has 0 fully saturated rings. The van der Waals surface area contributed by atoms with E-state index in [1.807, 2.05) is 39.0 Å². The first kappa shape index (κ1) is 22.6. The van der Waals surface area contributed by atoms with Crippen molar-refractivity contribution < 1.29 is 18.8 Å². The highest BCUT2D eigenvalue weighted by Gasteiger charge is 2.17. The van der Waals surface area contributed by atoms with Crippen LogP contribution in [0.25, 0.3) is 0 Å². The van der Waals surface area contributed by atoms with Gasteiger partial charge < -0.3 is 19.5 Å². The minimum atomic E-state index is -0.273. The van der Waals surface area contributed by atoms with Crippen LogP contribution in [0.3, 0.4) is 0 Å². The van der Waals surface area contributed by atoms with Gasteiger partial charge in [-0.1, -0.05) is 27.2 Å². The Labute approximate surface area is 189 Å². The monoisotopic (exact) mass is 485 g/mol. The standard InChI is InChI=1S/C23H24BrN3O4/c1-14-10-18(24)8-9-21(14)25-22(28)12-27(4)23(29)17-6-5-7-19(11-17)30-13-20-15(2)26-31-16(20)3/h5-11H,12-13H2,1-4H3,(H,25,28). The van der Waals surface area contributed by atoms with E-state index in [-0.39, 0.29) is 18.4 Å². The second-order valence-electron chi connectivity index (χ2n) is 7.29. The SMILES string of the molecule is Cc1cc(Br)ccc1NC(=O)CN(C)C(=O)c1cccc(OCc2c(C)noc2C)c1. The third kappa shape index (κ3) is 5.73. The van der Waals surface area contributed by atoms with Crippen molar-refractivity contribution in [3.05, 3.63) is 75.1 Å². The lowest BCUT2D eigenvalue weighted by Gasteiger charge is -2.18. The Balaban J connectivity index is 1.61. The highest BCUT2D eigenvalue weighted by molar-refractivity contribution is 9.10. The number of ether oxygens (including phenoxy) is 1. The Morgan fingerprint density at radius 1 is 1.16 bits per heavy atom. The third-order valence-electron chi connectivity index (χ3n) is 4.84. The topological polar surface area (TPSA) is 84.7 Å². The molecule has 0 spiro atoms. The molecule has 1 heterocycles. The van der Waals surface area contributed by atoms with Gasteiger partial charge in [0.15, 0.2) is 0 Å². The zero-order valence-electron chi connectivity index (χ0n) is 17.9. The van der Waals surface area contributed by atoms with E-state index in [0.29, 0.717) is 29.4 Å². The summed E-state index contributed by atoms with van der Waals surface area (Å²) < 4.78 is 11.9. The lowest BCUT2D eigenvalue weighted by atomic mass is 10.2. The molecule has 0 atom stereocenters. The number of anilines is 1. The molecule has 31 heavy (non-hydrogen) atoms. The first-order valence-corrected chi connectivity index (χ1v) is 10.5. The number of aryl methyl sites for hydroxylation is 3. The van der Waals surface area contributed by atoms with Gasteiger partial charge in [0.05, 0.1) is 17.8 Å². The quantitative estimate of drug-likeness (QED) is 0.526. The van der Waals surface area contributed by atoms with Crippen LogP contribution in [0.5, 0.6) is 5.75 Å². The molecule has 0 saturated heterocycles. The maximum absolute atomic E-state index is 12.8. The number of nitrogens with one attached hydrogen (secondary N) is 1. The molecule has 0 radical (unpaired) electrons. The Morgan fingerprint density at radius 3 is 2.61 bits per heavy atom. The minimum absolute atomic E-state index is 0.0709. The molecule has 8 heteroatoms. The van der Waals surface area contributed by atoms with Crippen LogP contribution in [0.2, 0.25) is 0 Å². The molecular weight excluding hydrogens is 462 g/mol. The van der Waals surface area contributed by atoms with Crippen molar-refractivity contribution in [2.24, 2.45) is 0 Å². The van der Waals surface area contributed by atoms with E-state index < -0.39 is 0 Å². The Kier molecular flexibility index (Phi) is 7.12. The molecule has 2 aromatic carbocycles. The number of amides is 2. The summed E-state index contributed by atoms with van der Waals surface area (Å²) in [6, 6.07) is 12.5. The molecule has 0 aliphatic carbocycles. The second kappa shape index (κ2) is 9.78. The van der Waals surface area contributed by atoms with E-state index >= 15 is 0 Å². The van der Waals surface area contributed by atoms with Crippen molar-refractivity contribution in [3.63, 3.8) is 0 Å². The molecule has 1 aromatic heterocycles. The fourth-order valence-electron chi connectivity index (χ4n) is 3.05. The number of carbonyl (C=O) groups is 2. The summed E-state index contributed by atoms with van der Waals surface area (Å²) in [5.74, 6) is 0.711. The molecule has 162 valence electrons. The van der Waals surface area contributed by atoms with Crippen molar-refractivity contribution >= 4 is 33.4 Å². The van der Waals surface area contributed by atoms with Gasteiger partial charge in [-0.15, -0.1) is 0 Å². The van der Waals surface area contributed by atoms with Gasteiger partial charge >= 0.3 is 0 Å². The minimum Gasteiger partial charge on any atom is -0.489 e. The number of halogens is 1. The van der Waals surface area contributed by atoms with Crippen molar-refractivity contribution in [2.75, 3.05) is 18.9 Å². The van der Waals surface area contributed by atoms with Gasteiger partial charge in [0.25, 0.3) is 5.91 Å². The first-order chi connectivity index (χ1) is 14.7. The first-order valence-electron chi connectivity index (χ1n) is 9.70. The molecule has 2 amide bonds. The number of carbonyl (C=O) groups excluding carboxylic acids is 2. The fourth-order valence-corrected chi connectivity index (χ4v) is 3.52. The lowest BCUT2D eigenvalue weighted by molar-refractivity contribution is -0.116. The number of benzene rings is 2. The van der Waals surface area contributed by atoms with Gasteiger partial charge in [-0.2, -0.15) is 0 Å². The molecule has 1 N–H and O–H groups in total. The summed E-state index contributed by atoms with van der Waals surface area (Å²) in [6.45, 7) is 5.81. The van der Waals surface area contributed by atoms with E-state index in [1.165, 1.54) is 4.90 Å². The summed E-state index contributed by atoms with van der Waals surface area (Å²) in [6.07, 6.45) is 0. The predicted molar refractivity (Wildman–Crippen MR) is 121 cm³/mol. The van der Waals surface area contributed by atoms with Crippen LogP contribution in [0.1, 0.15) is 32.9 Å². The predicted octanol–water partition coefficient (Wildman–Crippen LogP) is 4.65. The fraction of sp³-hybridized carbons (Fsp3) is 0.261. The van der Waals surface area contributed by atoms with E-state index in [0.717, 1.165) is 21.3 Å². The van der Waals surface area contributed by atoms with Crippen LogP contribution in [-0.2, 0) is 11.4 Å². The molecule has 3 aromatic rings. The molecule has 0 aliphatic rings. The average Bonchev–Trinajstić information content (AvgIpc) is 3.05. The highest BCUT2D eigenvalue weighted by atomic mass is 79.9. The number of hydrogen-bond acceptors (Lipinski definition) is 5. The number of hydrogen-bond donors (Lipinski definition) is 1. The molecule has 3 rings (SSSR count). The summed E-state index contributed by atoms with van der Waals surface area (Å²) in [7, 11) is 1.59. The van der Waals surface area contributed by atoms with E-state index in [9.17, 15) is 9.59 Å². The Bertz CT molecular complexity index is 1090. The van der Waals surface area contributed by atoms with Crippen LogP contribution in [-0.4, -0.2) is 35.5 Å². The van der Waals surface area contributed by atoms with Crippen molar-refractivity contribution in [3.8, 4) is 5.75 Å². The van der Waals surface area contributed by atoms with Gasteiger partial charge in [-0.3, -0.25) is 9.59 Å². The summed E-state index contributed by atoms with van der Waals surface area (Å²) in [5.41, 5.74) is 3.74. The molecule has 7 nitrogen and oxygen atoms in total. The van der Waals surface area contributed by atoms with Gasteiger partial charge in [-0.05, 0) is 62.7 Å². The van der Waals surface area contributed by atoms with Crippen LogP contribution in [0, 0.1) is 20.8 Å². The van der Waals surface area contributed by atoms with Crippen LogP contribution in [0.4, 0.5) is 5.69 Å². The molecule has 0 unspecified atom stereocenters. The summed E-state index contributed by atoms with van der Waals surface area (Å²) >= 11 is 3.40. The second-order valence-corrected chi connectivity index (χ2v) is 8.20. The lowest BCUT2D eigenvalue weighted by Crippen LogP contribution is -2.35. The Hall–Kier alpha value is -3.13. The smallest absolute Gasteiger partial charge is 0.254 e. The van der Waals surface area contributed by atoms with E-state index in [2.05, 4.69) is 26.4 Å². The Morgan fingerprint density at radius 2 is 1.94 bits per heavy atom.